The maximum atomic E-state index is 13.8. The molecule has 0 spiro atoms. The lowest BCUT2D eigenvalue weighted by Gasteiger charge is -2.28. The number of alkyl halides is 3. The number of hydrogen-bond acceptors (Lipinski definition) is 9. The summed E-state index contributed by atoms with van der Waals surface area (Å²) in [4.78, 5) is 58.9. The van der Waals surface area contributed by atoms with Crippen LogP contribution in [-0.2, 0) is 27.1 Å². The second kappa shape index (κ2) is 14.5. The van der Waals surface area contributed by atoms with Crippen LogP contribution in [0.3, 0.4) is 0 Å². The highest BCUT2D eigenvalue weighted by Gasteiger charge is 2.41. The van der Waals surface area contributed by atoms with Gasteiger partial charge in [-0.3, -0.25) is 14.5 Å². The Labute approximate surface area is 279 Å². The zero-order chi connectivity index (χ0) is 35.3. The van der Waals surface area contributed by atoms with Crippen molar-refractivity contribution in [3.05, 3.63) is 71.8 Å². The third-order valence-corrected chi connectivity index (χ3v) is 7.54. The predicted molar refractivity (Wildman–Crippen MR) is 166 cm³/mol. The first-order valence-corrected chi connectivity index (χ1v) is 15.5. The number of carbonyl (C=O) groups excluding carboxylic acids is 4. The van der Waals surface area contributed by atoms with Gasteiger partial charge in [0.2, 0.25) is 11.7 Å². The van der Waals surface area contributed by atoms with E-state index in [1.807, 2.05) is 0 Å². The van der Waals surface area contributed by atoms with Gasteiger partial charge in [0, 0.05) is 25.2 Å². The van der Waals surface area contributed by atoms with Crippen molar-refractivity contribution in [2.75, 3.05) is 32.8 Å². The fraction of sp³-hybridized carbons (Fsp3) is 0.424. The Morgan fingerprint density at radius 3 is 2.55 bits per heavy atom. The van der Waals surface area contributed by atoms with Crippen LogP contribution in [0.15, 0.2) is 59.0 Å². The van der Waals surface area contributed by atoms with E-state index in [0.717, 1.165) is 4.90 Å². The number of alkyl carbamates (subject to hydrolysis) is 1. The van der Waals surface area contributed by atoms with Crippen LogP contribution < -0.4 is 15.4 Å². The molecular weight excluding hydrogens is 651 g/mol. The normalized spacial score (nSPS) is 18.9. The Bertz CT molecular complexity index is 1670. The minimum absolute atomic E-state index is 0.0693. The Morgan fingerprint density at radius 2 is 1.84 bits per heavy atom. The number of nitrogens with zero attached hydrogens (tertiary/aromatic N) is 3. The molecule has 5 rings (SSSR count). The van der Waals surface area contributed by atoms with E-state index in [0.29, 0.717) is 5.56 Å². The summed E-state index contributed by atoms with van der Waals surface area (Å²) in [5.74, 6) is -3.59. The van der Waals surface area contributed by atoms with E-state index in [2.05, 4.69) is 15.6 Å². The number of carbonyl (C=O) groups is 4. The van der Waals surface area contributed by atoms with Gasteiger partial charge in [-0.1, -0.05) is 42.5 Å². The van der Waals surface area contributed by atoms with E-state index in [4.69, 9.17) is 18.6 Å². The molecule has 0 aliphatic carbocycles. The smallest absolute Gasteiger partial charge is 0.468 e. The number of ether oxygens (including phenoxy) is 3. The van der Waals surface area contributed by atoms with Crippen LogP contribution in [0, 0.1) is 0 Å². The molecule has 2 bridgehead atoms. The fourth-order valence-corrected chi connectivity index (χ4v) is 5.36. The molecular formula is C33H36F3N5O8. The molecule has 0 unspecified atom stereocenters. The highest BCUT2D eigenvalue weighted by molar-refractivity contribution is 5.97. The average Bonchev–Trinajstić information content (AvgIpc) is 3.67. The van der Waals surface area contributed by atoms with Crippen molar-refractivity contribution in [3.8, 4) is 17.0 Å². The number of benzene rings is 2. The quantitative estimate of drug-likeness (QED) is 0.402. The zero-order valence-electron chi connectivity index (χ0n) is 27.0. The van der Waals surface area contributed by atoms with Crippen molar-refractivity contribution in [2.45, 2.75) is 57.7 Å². The van der Waals surface area contributed by atoms with Gasteiger partial charge in [0.05, 0.1) is 12.1 Å². The van der Waals surface area contributed by atoms with E-state index in [1.54, 1.807) is 57.2 Å². The van der Waals surface area contributed by atoms with Gasteiger partial charge in [-0.2, -0.15) is 13.2 Å². The molecule has 3 heterocycles. The summed E-state index contributed by atoms with van der Waals surface area (Å²) in [6, 6.07) is 13.7. The summed E-state index contributed by atoms with van der Waals surface area (Å²) >= 11 is 0. The number of rotatable bonds is 3. The molecule has 2 N–H and O–H groups in total. The van der Waals surface area contributed by atoms with Crippen LogP contribution >= 0.6 is 0 Å². The van der Waals surface area contributed by atoms with Gasteiger partial charge < -0.3 is 34.2 Å². The van der Waals surface area contributed by atoms with E-state index in [1.165, 1.54) is 23.1 Å². The van der Waals surface area contributed by atoms with Crippen molar-refractivity contribution in [1.82, 2.24) is 25.4 Å². The number of oxazole rings is 1. The van der Waals surface area contributed by atoms with Crippen molar-refractivity contribution in [1.29, 1.82) is 0 Å². The number of nitrogens with one attached hydrogen (secondary N) is 2. The lowest BCUT2D eigenvalue weighted by atomic mass is 10.1. The average molecular weight is 688 g/mol. The van der Waals surface area contributed by atoms with E-state index < -0.39 is 66.1 Å². The molecule has 0 saturated carbocycles. The first-order valence-electron chi connectivity index (χ1n) is 15.5. The first-order chi connectivity index (χ1) is 23.2. The highest BCUT2D eigenvalue weighted by atomic mass is 19.4. The number of fused-ring (bicyclic) bond motifs is 5. The molecule has 0 radical (unpaired) electrons. The number of halogens is 3. The van der Waals surface area contributed by atoms with E-state index in [9.17, 15) is 32.3 Å². The molecule has 2 atom stereocenters. The maximum absolute atomic E-state index is 13.8. The van der Waals surface area contributed by atoms with Gasteiger partial charge in [-0.15, -0.1) is 0 Å². The maximum Gasteiger partial charge on any atom is 0.468 e. The summed E-state index contributed by atoms with van der Waals surface area (Å²) in [5.41, 5.74) is -0.306. The van der Waals surface area contributed by atoms with Gasteiger partial charge in [0.15, 0.2) is 0 Å². The minimum Gasteiger partial charge on any atom is -0.491 e. The molecule has 13 nitrogen and oxygen atoms in total. The lowest BCUT2D eigenvalue weighted by molar-refractivity contribution is -0.157. The van der Waals surface area contributed by atoms with Gasteiger partial charge in [-0.25, -0.2) is 14.6 Å². The second-order valence-electron chi connectivity index (χ2n) is 12.5. The summed E-state index contributed by atoms with van der Waals surface area (Å²) in [5, 5.41) is 5.23. The molecule has 1 aromatic heterocycles. The van der Waals surface area contributed by atoms with Crippen LogP contribution in [0.1, 0.15) is 49.2 Å². The van der Waals surface area contributed by atoms with E-state index >= 15 is 0 Å². The van der Waals surface area contributed by atoms with Crippen molar-refractivity contribution >= 4 is 24.0 Å². The molecule has 2 aliphatic rings. The fourth-order valence-electron chi connectivity index (χ4n) is 5.36. The predicted octanol–water partition coefficient (Wildman–Crippen LogP) is 4.62. The largest absolute Gasteiger partial charge is 0.491 e. The van der Waals surface area contributed by atoms with Gasteiger partial charge in [-0.05, 0) is 44.9 Å². The van der Waals surface area contributed by atoms with Gasteiger partial charge in [0.1, 0.15) is 36.8 Å². The van der Waals surface area contributed by atoms with Gasteiger partial charge in [0.25, 0.3) is 5.91 Å². The molecule has 2 aromatic carbocycles. The number of amides is 4. The lowest BCUT2D eigenvalue weighted by Crippen LogP contribution is -2.48. The van der Waals surface area contributed by atoms with Crippen molar-refractivity contribution < 1.29 is 51.0 Å². The number of hydrogen-bond donors (Lipinski definition) is 2. The van der Waals surface area contributed by atoms with Crippen LogP contribution in [-0.4, -0.2) is 89.3 Å². The van der Waals surface area contributed by atoms with Crippen LogP contribution in [0.5, 0.6) is 5.75 Å². The van der Waals surface area contributed by atoms with Crippen molar-refractivity contribution in [2.24, 2.45) is 0 Å². The summed E-state index contributed by atoms with van der Waals surface area (Å²) in [7, 11) is 0. The standard InChI is InChI=1S/C33H36F3N5O8/c1-32(2,3)49-30(44)38-22-15-23-19-46-24-11-7-10-21(14-24)26-27(48-29(39-26)33(34,35)36)28(43)37-12-13-40(17-25(42)41(23)16-22)31(45)47-18-20-8-5-4-6-9-20/h4-11,14,22-23H,12-13,15-19H2,1-3H3,(H,37,43)(H,38,44)/t22-,23-/m0/s1. The Morgan fingerprint density at radius 1 is 1.08 bits per heavy atom. The molecule has 1 fully saturated rings. The monoisotopic (exact) mass is 687 g/mol. The molecule has 2 aliphatic heterocycles. The molecule has 49 heavy (non-hydrogen) atoms. The van der Waals surface area contributed by atoms with Crippen molar-refractivity contribution in [3.63, 3.8) is 0 Å². The highest BCUT2D eigenvalue weighted by Crippen LogP contribution is 2.35. The third kappa shape index (κ3) is 9.21. The van der Waals surface area contributed by atoms with Crippen LogP contribution in [0.2, 0.25) is 0 Å². The first kappa shape index (κ1) is 35.0. The molecule has 1 saturated heterocycles. The summed E-state index contributed by atoms with van der Waals surface area (Å²) < 4.78 is 62.6. The molecule has 16 heteroatoms. The molecule has 3 aromatic rings. The molecule has 4 amide bonds. The summed E-state index contributed by atoms with van der Waals surface area (Å²) in [6.07, 6.45) is -6.23. The number of aromatic nitrogens is 1. The van der Waals surface area contributed by atoms with Crippen LogP contribution in [0.4, 0.5) is 22.8 Å². The minimum atomic E-state index is -4.98. The topological polar surface area (TPSA) is 153 Å². The molecule has 262 valence electrons. The zero-order valence-corrected chi connectivity index (χ0v) is 27.0. The SMILES string of the molecule is CC(C)(C)OC(=O)N[C@H]1C[C@H]2COc3cccc(c3)-c3nc(C(F)(F)F)oc3C(=O)NCCN(C(=O)OCc3ccccc3)CC(=O)N2C1. The second-order valence-corrected chi connectivity index (χ2v) is 12.5. The third-order valence-electron chi connectivity index (χ3n) is 7.54. The van der Waals surface area contributed by atoms with Gasteiger partial charge >= 0.3 is 24.3 Å². The summed E-state index contributed by atoms with van der Waals surface area (Å²) in [6.45, 7) is 4.08. The Balaban J connectivity index is 1.44. The van der Waals surface area contributed by atoms with E-state index in [-0.39, 0.29) is 56.3 Å². The van der Waals surface area contributed by atoms with Crippen LogP contribution in [0.25, 0.3) is 11.3 Å². The Hall–Kier alpha value is -5.28. The Kier molecular flexibility index (Phi) is 10.3.